The highest BCUT2D eigenvalue weighted by Crippen LogP contribution is 2.40. The summed E-state index contributed by atoms with van der Waals surface area (Å²) < 4.78 is 29.1. The maximum Gasteiger partial charge on any atom is 0.248 e. The molecule has 1 amide bonds. The highest BCUT2D eigenvalue weighted by Gasteiger charge is 2.40. The molecule has 0 radical (unpaired) electrons. The summed E-state index contributed by atoms with van der Waals surface area (Å²) in [7, 11) is -3.15. The van der Waals surface area contributed by atoms with Gasteiger partial charge in [-0.3, -0.25) is 4.79 Å². The van der Waals surface area contributed by atoms with Gasteiger partial charge in [-0.05, 0) is 18.6 Å². The van der Waals surface area contributed by atoms with E-state index in [-0.39, 0.29) is 17.4 Å². The molecule has 0 saturated carbocycles. The largest absolute Gasteiger partial charge is 0.491 e. The lowest BCUT2D eigenvalue weighted by molar-refractivity contribution is -0.117. The van der Waals surface area contributed by atoms with Crippen LogP contribution < -0.4 is 15.0 Å². The molecule has 1 atom stereocenters. The van der Waals surface area contributed by atoms with Crippen LogP contribution in [0.2, 0.25) is 0 Å². The number of sulfone groups is 1. The predicted molar refractivity (Wildman–Crippen MR) is 80.6 cm³/mol. The van der Waals surface area contributed by atoms with Crippen molar-refractivity contribution in [3.05, 3.63) is 18.2 Å². The van der Waals surface area contributed by atoms with Gasteiger partial charge in [0, 0.05) is 6.54 Å². The first-order valence-electron chi connectivity index (χ1n) is 7.05. The molecule has 1 aromatic carbocycles. The fraction of sp³-hybridized carbons (Fsp3) is 0.500. The Morgan fingerprint density at radius 1 is 1.43 bits per heavy atom. The van der Waals surface area contributed by atoms with Crippen LogP contribution in [-0.2, 0) is 14.6 Å². The van der Waals surface area contributed by atoms with E-state index in [1.165, 1.54) is 0 Å². The summed E-state index contributed by atoms with van der Waals surface area (Å²) in [6, 6.07) is 4.92. The molecule has 2 heterocycles. The minimum absolute atomic E-state index is 0.0796. The Hall–Kier alpha value is -1.76. The van der Waals surface area contributed by atoms with E-state index in [9.17, 15) is 13.2 Å². The quantitative estimate of drug-likeness (QED) is 0.902. The topological polar surface area (TPSA) is 75.7 Å². The van der Waals surface area contributed by atoms with Crippen molar-refractivity contribution >= 4 is 27.1 Å². The SMILES string of the molecule is CCCOc1cccc2c1NC(=O)C1CS(=O)(=O)CCN21. The maximum absolute atomic E-state index is 12.2. The summed E-state index contributed by atoms with van der Waals surface area (Å²) >= 11 is 0. The molecule has 1 aromatic rings. The summed E-state index contributed by atoms with van der Waals surface area (Å²) in [5.74, 6) is 0.308. The molecule has 3 rings (SSSR count). The average Bonchev–Trinajstić information content (AvgIpc) is 2.45. The lowest BCUT2D eigenvalue weighted by Crippen LogP contribution is -2.56. The van der Waals surface area contributed by atoms with Crippen molar-refractivity contribution in [2.75, 3.05) is 34.9 Å². The number of hydrogen-bond acceptors (Lipinski definition) is 5. The molecule has 1 N–H and O–H groups in total. The Kier molecular flexibility index (Phi) is 3.52. The first-order chi connectivity index (χ1) is 10.0. The Morgan fingerprint density at radius 3 is 3.00 bits per heavy atom. The lowest BCUT2D eigenvalue weighted by Gasteiger charge is -2.41. The number of fused-ring (bicyclic) bond motifs is 3. The van der Waals surface area contributed by atoms with Crippen LogP contribution in [0.1, 0.15) is 13.3 Å². The van der Waals surface area contributed by atoms with Crippen molar-refractivity contribution in [3.63, 3.8) is 0 Å². The first-order valence-corrected chi connectivity index (χ1v) is 8.88. The highest BCUT2D eigenvalue weighted by atomic mass is 32.2. The number of carbonyl (C=O) groups excluding carboxylic acids is 1. The van der Waals surface area contributed by atoms with Gasteiger partial charge >= 0.3 is 0 Å². The van der Waals surface area contributed by atoms with Gasteiger partial charge in [-0.25, -0.2) is 8.42 Å². The molecule has 114 valence electrons. The molecule has 2 aliphatic heterocycles. The van der Waals surface area contributed by atoms with Gasteiger partial charge in [0.15, 0.2) is 9.84 Å². The molecule has 7 heteroatoms. The van der Waals surface area contributed by atoms with Crippen LogP contribution in [0.15, 0.2) is 18.2 Å². The molecule has 1 saturated heterocycles. The second-order valence-electron chi connectivity index (χ2n) is 5.31. The van der Waals surface area contributed by atoms with Crippen LogP contribution in [0.5, 0.6) is 5.75 Å². The third-order valence-corrected chi connectivity index (χ3v) is 5.39. The number of para-hydroxylation sites is 1. The molecule has 0 aliphatic carbocycles. The van der Waals surface area contributed by atoms with E-state index >= 15 is 0 Å². The minimum atomic E-state index is -3.15. The predicted octanol–water partition coefficient (Wildman–Crippen LogP) is 1.03. The number of benzene rings is 1. The van der Waals surface area contributed by atoms with Gasteiger partial charge in [0.2, 0.25) is 5.91 Å². The minimum Gasteiger partial charge on any atom is -0.491 e. The third-order valence-electron chi connectivity index (χ3n) is 3.76. The van der Waals surface area contributed by atoms with Crippen molar-refractivity contribution in [1.29, 1.82) is 0 Å². The normalized spacial score (nSPS) is 23.0. The number of rotatable bonds is 3. The number of ether oxygens (including phenoxy) is 1. The van der Waals surface area contributed by atoms with Gasteiger partial charge in [-0.2, -0.15) is 0 Å². The fourth-order valence-electron chi connectivity index (χ4n) is 2.74. The smallest absolute Gasteiger partial charge is 0.248 e. The number of nitrogens with one attached hydrogen (secondary N) is 1. The van der Waals surface area contributed by atoms with E-state index in [0.29, 0.717) is 24.6 Å². The second kappa shape index (κ2) is 5.22. The molecule has 0 spiro atoms. The number of amides is 1. The molecular weight excluding hydrogens is 292 g/mol. The summed E-state index contributed by atoms with van der Waals surface area (Å²) in [5, 5.41) is 2.80. The van der Waals surface area contributed by atoms with E-state index in [1.54, 1.807) is 0 Å². The van der Waals surface area contributed by atoms with E-state index in [1.807, 2.05) is 30.0 Å². The monoisotopic (exact) mass is 310 g/mol. The lowest BCUT2D eigenvalue weighted by atomic mass is 10.1. The second-order valence-corrected chi connectivity index (χ2v) is 7.54. The van der Waals surface area contributed by atoms with E-state index < -0.39 is 15.9 Å². The number of nitrogens with zero attached hydrogens (tertiary/aromatic N) is 1. The van der Waals surface area contributed by atoms with Crippen LogP contribution in [0.4, 0.5) is 11.4 Å². The summed E-state index contributed by atoms with van der Waals surface area (Å²) in [6.07, 6.45) is 0.877. The molecule has 1 unspecified atom stereocenters. The Bertz CT molecular complexity index is 672. The molecule has 2 aliphatic rings. The van der Waals surface area contributed by atoms with Crippen LogP contribution >= 0.6 is 0 Å². The molecule has 1 fully saturated rings. The van der Waals surface area contributed by atoms with Crippen LogP contribution in [0.25, 0.3) is 0 Å². The summed E-state index contributed by atoms with van der Waals surface area (Å²) in [5.41, 5.74) is 1.48. The van der Waals surface area contributed by atoms with Crippen molar-refractivity contribution < 1.29 is 17.9 Å². The van der Waals surface area contributed by atoms with Gasteiger partial charge < -0.3 is 15.0 Å². The number of carbonyl (C=O) groups is 1. The van der Waals surface area contributed by atoms with Crippen LogP contribution in [0, 0.1) is 0 Å². The van der Waals surface area contributed by atoms with Gasteiger partial charge in [0.25, 0.3) is 0 Å². The zero-order chi connectivity index (χ0) is 15.0. The highest BCUT2D eigenvalue weighted by molar-refractivity contribution is 7.91. The van der Waals surface area contributed by atoms with E-state index in [0.717, 1.165) is 12.1 Å². The van der Waals surface area contributed by atoms with Crippen molar-refractivity contribution in [3.8, 4) is 5.75 Å². The van der Waals surface area contributed by atoms with Gasteiger partial charge in [-0.15, -0.1) is 0 Å². The first kappa shape index (κ1) is 14.2. The van der Waals surface area contributed by atoms with Crippen LogP contribution in [0.3, 0.4) is 0 Å². The van der Waals surface area contributed by atoms with Crippen LogP contribution in [-0.4, -0.2) is 45.0 Å². The zero-order valence-electron chi connectivity index (χ0n) is 11.8. The molecular formula is C14H18N2O4S. The Morgan fingerprint density at radius 2 is 2.24 bits per heavy atom. The zero-order valence-corrected chi connectivity index (χ0v) is 12.6. The van der Waals surface area contributed by atoms with Crippen molar-refractivity contribution in [2.24, 2.45) is 0 Å². The molecule has 6 nitrogen and oxygen atoms in total. The Balaban J connectivity index is 1.98. The Labute approximate surface area is 124 Å². The maximum atomic E-state index is 12.2. The third kappa shape index (κ3) is 2.57. The molecule has 0 aromatic heterocycles. The summed E-state index contributed by atoms with van der Waals surface area (Å²) in [6.45, 7) is 2.92. The average molecular weight is 310 g/mol. The van der Waals surface area contributed by atoms with E-state index in [2.05, 4.69) is 5.32 Å². The summed E-state index contributed by atoms with van der Waals surface area (Å²) in [4.78, 5) is 14.1. The fourth-order valence-corrected chi connectivity index (χ4v) is 4.19. The van der Waals surface area contributed by atoms with Crippen molar-refractivity contribution in [2.45, 2.75) is 19.4 Å². The number of hydrogen-bond donors (Lipinski definition) is 1. The van der Waals surface area contributed by atoms with Crippen molar-refractivity contribution in [1.82, 2.24) is 0 Å². The van der Waals surface area contributed by atoms with Gasteiger partial charge in [-0.1, -0.05) is 13.0 Å². The van der Waals surface area contributed by atoms with Gasteiger partial charge in [0.1, 0.15) is 17.5 Å². The standard InChI is InChI=1S/C14H18N2O4S/c1-2-7-20-12-5-3-4-10-13(12)15-14(17)11-9-21(18,19)8-6-16(10)11/h3-5,11H,2,6-9H2,1H3,(H,15,17). The molecule has 21 heavy (non-hydrogen) atoms. The molecule has 0 bridgehead atoms. The van der Waals surface area contributed by atoms with Gasteiger partial charge in [0.05, 0.1) is 23.8 Å². The van der Waals surface area contributed by atoms with E-state index in [4.69, 9.17) is 4.74 Å². The number of anilines is 2.